The van der Waals surface area contributed by atoms with E-state index in [2.05, 4.69) is 34.2 Å². The number of nitrogens with zero attached hydrogens (tertiary/aromatic N) is 6. The van der Waals surface area contributed by atoms with Gasteiger partial charge < -0.3 is 0 Å². The number of pyridine rings is 4. The Morgan fingerprint density at radius 2 is 1.06 bits per heavy atom. The van der Waals surface area contributed by atoms with Gasteiger partial charge in [-0.05, 0) is 60.7 Å². The van der Waals surface area contributed by atoms with Gasteiger partial charge in [0.25, 0.3) is 0 Å². The Hall–Kier alpha value is -4.32. The highest BCUT2D eigenvalue weighted by Crippen LogP contribution is 2.19. The van der Waals surface area contributed by atoms with Crippen LogP contribution in [0.5, 0.6) is 0 Å². The summed E-state index contributed by atoms with van der Waals surface area (Å²) in [5, 5.41) is 2.19. The highest BCUT2D eigenvalue weighted by molar-refractivity contribution is 5.78. The van der Waals surface area contributed by atoms with Gasteiger partial charge in [0.05, 0.1) is 0 Å². The lowest BCUT2D eigenvalue weighted by Gasteiger charge is -2.08. The lowest BCUT2D eigenvalue weighted by atomic mass is 10.2. The first-order valence-corrected chi connectivity index (χ1v) is 10.1. The number of aromatic nitrogens is 6. The van der Waals surface area contributed by atoms with Gasteiger partial charge in [-0.3, -0.25) is 9.13 Å². The predicted octanol–water partition coefficient (Wildman–Crippen LogP) is 4.75. The molecule has 0 aliphatic rings. The van der Waals surface area contributed by atoms with Crippen molar-refractivity contribution in [3.8, 4) is 11.6 Å². The van der Waals surface area contributed by atoms with Crippen molar-refractivity contribution >= 4 is 22.1 Å². The summed E-state index contributed by atoms with van der Waals surface area (Å²) < 4.78 is 4.03. The summed E-state index contributed by atoms with van der Waals surface area (Å²) in [4.78, 5) is 18.7. The lowest BCUT2D eigenvalue weighted by molar-refractivity contribution is 0.934. The first kappa shape index (κ1) is 17.5. The van der Waals surface area contributed by atoms with Gasteiger partial charge in [-0.15, -0.1) is 0 Å². The predicted molar refractivity (Wildman–Crippen MR) is 121 cm³/mol. The van der Waals surface area contributed by atoms with Crippen molar-refractivity contribution in [1.82, 2.24) is 29.1 Å². The van der Waals surface area contributed by atoms with E-state index in [1.54, 1.807) is 12.4 Å². The van der Waals surface area contributed by atoms with Crippen molar-refractivity contribution in [2.45, 2.75) is 6.42 Å². The molecule has 31 heavy (non-hydrogen) atoms. The van der Waals surface area contributed by atoms with E-state index in [0.29, 0.717) is 6.42 Å². The summed E-state index contributed by atoms with van der Waals surface area (Å²) >= 11 is 0. The van der Waals surface area contributed by atoms with Crippen LogP contribution in [0.15, 0.2) is 97.6 Å². The standard InChI is InChI=1S/C25H18N6/c1-7-20(28-22(9-1)30-15-11-18-5-3-13-26-24(18)30)17-21-8-2-10-23(29-21)31-16-12-19-6-4-14-27-25(19)31/h1-16H,17H2. The number of hydrogen-bond donors (Lipinski definition) is 0. The molecule has 6 aromatic rings. The van der Waals surface area contributed by atoms with Crippen LogP contribution in [0.2, 0.25) is 0 Å². The van der Waals surface area contributed by atoms with Crippen LogP contribution in [-0.2, 0) is 6.42 Å². The largest absolute Gasteiger partial charge is 0.285 e. The molecular weight excluding hydrogens is 384 g/mol. The summed E-state index contributed by atoms with van der Waals surface area (Å²) in [5.74, 6) is 1.70. The average molecular weight is 402 g/mol. The monoisotopic (exact) mass is 402 g/mol. The minimum Gasteiger partial charge on any atom is -0.285 e. The van der Waals surface area contributed by atoms with Gasteiger partial charge in [-0.1, -0.05) is 12.1 Å². The van der Waals surface area contributed by atoms with E-state index in [9.17, 15) is 0 Å². The van der Waals surface area contributed by atoms with Crippen LogP contribution in [0.25, 0.3) is 33.7 Å². The molecular formula is C25H18N6. The molecule has 0 spiro atoms. The number of hydrogen-bond acceptors (Lipinski definition) is 4. The van der Waals surface area contributed by atoms with Crippen LogP contribution >= 0.6 is 0 Å². The van der Waals surface area contributed by atoms with E-state index < -0.39 is 0 Å². The van der Waals surface area contributed by atoms with Gasteiger partial charge in [-0.25, -0.2) is 19.9 Å². The van der Waals surface area contributed by atoms with Crippen LogP contribution in [0, 0.1) is 0 Å². The lowest BCUT2D eigenvalue weighted by Crippen LogP contribution is -2.03. The van der Waals surface area contributed by atoms with Crippen LogP contribution in [0.4, 0.5) is 0 Å². The maximum Gasteiger partial charge on any atom is 0.145 e. The van der Waals surface area contributed by atoms with Gasteiger partial charge >= 0.3 is 0 Å². The molecule has 6 heteroatoms. The van der Waals surface area contributed by atoms with Crippen LogP contribution in [-0.4, -0.2) is 29.1 Å². The minimum atomic E-state index is 0.640. The second kappa shape index (κ2) is 7.18. The quantitative estimate of drug-likeness (QED) is 0.427. The molecule has 0 aromatic carbocycles. The Morgan fingerprint density at radius 3 is 1.58 bits per heavy atom. The highest BCUT2D eigenvalue weighted by Gasteiger charge is 2.09. The van der Waals surface area contributed by atoms with E-state index in [4.69, 9.17) is 9.97 Å². The molecule has 148 valence electrons. The molecule has 6 heterocycles. The number of rotatable bonds is 4. The molecule has 6 aromatic heterocycles. The molecule has 0 aliphatic heterocycles. The summed E-state index contributed by atoms with van der Waals surface area (Å²) in [6.07, 6.45) is 8.26. The normalized spacial score (nSPS) is 11.4. The zero-order valence-electron chi connectivity index (χ0n) is 16.6. The van der Waals surface area contributed by atoms with E-state index in [0.717, 1.165) is 45.1 Å². The SMILES string of the molecule is c1cc(Cc2cccc(-n3ccc4cccnc43)n2)nc(-n2ccc3cccnc32)c1. The van der Waals surface area contributed by atoms with E-state index in [1.807, 2.05) is 70.1 Å². The molecule has 0 unspecified atom stereocenters. The van der Waals surface area contributed by atoms with Crippen molar-refractivity contribution in [3.63, 3.8) is 0 Å². The first-order chi connectivity index (χ1) is 15.3. The van der Waals surface area contributed by atoms with Crippen molar-refractivity contribution in [3.05, 3.63) is 109 Å². The summed E-state index contributed by atoms with van der Waals surface area (Å²) in [5.41, 5.74) is 3.71. The van der Waals surface area contributed by atoms with E-state index in [1.165, 1.54) is 0 Å². The van der Waals surface area contributed by atoms with Crippen molar-refractivity contribution in [2.75, 3.05) is 0 Å². The molecule has 0 radical (unpaired) electrons. The number of fused-ring (bicyclic) bond motifs is 2. The van der Waals surface area contributed by atoms with Gasteiger partial charge in [0.2, 0.25) is 0 Å². The molecule has 6 rings (SSSR count). The maximum absolute atomic E-state index is 4.87. The van der Waals surface area contributed by atoms with Gasteiger partial charge in [-0.2, -0.15) is 0 Å². The molecule has 6 nitrogen and oxygen atoms in total. The molecule has 0 saturated heterocycles. The summed E-state index contributed by atoms with van der Waals surface area (Å²) in [6, 6.07) is 24.2. The van der Waals surface area contributed by atoms with E-state index >= 15 is 0 Å². The Kier molecular flexibility index (Phi) is 4.06. The van der Waals surface area contributed by atoms with Crippen molar-refractivity contribution in [2.24, 2.45) is 0 Å². The fraction of sp³-hybridized carbons (Fsp3) is 0.0400. The fourth-order valence-corrected chi connectivity index (χ4v) is 3.89. The Labute approximate surface area is 178 Å². The smallest absolute Gasteiger partial charge is 0.145 e. The van der Waals surface area contributed by atoms with Crippen LogP contribution < -0.4 is 0 Å². The third-order valence-corrected chi connectivity index (χ3v) is 5.34. The van der Waals surface area contributed by atoms with Crippen molar-refractivity contribution in [1.29, 1.82) is 0 Å². The molecule has 0 saturated carbocycles. The summed E-state index contributed by atoms with van der Waals surface area (Å²) in [7, 11) is 0. The van der Waals surface area contributed by atoms with E-state index in [-0.39, 0.29) is 0 Å². The third kappa shape index (κ3) is 3.14. The maximum atomic E-state index is 4.87. The second-order valence-corrected chi connectivity index (χ2v) is 7.35. The average Bonchev–Trinajstić information content (AvgIpc) is 3.44. The Bertz CT molecular complexity index is 1410. The Morgan fingerprint density at radius 1 is 0.548 bits per heavy atom. The molecule has 0 aliphatic carbocycles. The second-order valence-electron chi connectivity index (χ2n) is 7.35. The highest BCUT2D eigenvalue weighted by atomic mass is 15.1. The van der Waals surface area contributed by atoms with Crippen LogP contribution in [0.1, 0.15) is 11.4 Å². The summed E-state index contributed by atoms with van der Waals surface area (Å²) in [6.45, 7) is 0. The molecule has 0 N–H and O–H groups in total. The zero-order chi connectivity index (χ0) is 20.6. The van der Waals surface area contributed by atoms with Gasteiger partial charge in [0.1, 0.15) is 22.9 Å². The molecule has 0 bridgehead atoms. The minimum absolute atomic E-state index is 0.640. The fourth-order valence-electron chi connectivity index (χ4n) is 3.89. The van der Waals surface area contributed by atoms with Gasteiger partial charge in [0, 0.05) is 53.4 Å². The molecule has 0 atom stereocenters. The molecule has 0 amide bonds. The third-order valence-electron chi connectivity index (χ3n) is 5.34. The zero-order valence-corrected chi connectivity index (χ0v) is 16.6. The van der Waals surface area contributed by atoms with Crippen LogP contribution in [0.3, 0.4) is 0 Å². The van der Waals surface area contributed by atoms with Crippen molar-refractivity contribution < 1.29 is 0 Å². The topological polar surface area (TPSA) is 61.4 Å². The molecule has 0 fully saturated rings. The Balaban J connectivity index is 1.34. The first-order valence-electron chi connectivity index (χ1n) is 10.1. The van der Waals surface area contributed by atoms with Gasteiger partial charge in [0.15, 0.2) is 0 Å².